The van der Waals surface area contributed by atoms with Crippen LogP contribution >= 0.6 is 0 Å². The number of rotatable bonds is 5. The Labute approximate surface area is 360 Å². The summed E-state index contributed by atoms with van der Waals surface area (Å²) in [6.45, 7) is 0.760. The lowest BCUT2D eigenvalue weighted by atomic mass is 9.77. The molecule has 3 aromatic heterocycles. The van der Waals surface area contributed by atoms with Crippen LogP contribution in [0.1, 0.15) is 58.9 Å². The average molecular weight is 802 g/mol. The summed E-state index contributed by atoms with van der Waals surface area (Å²) >= 11 is 0. The molecule has 0 aliphatic carbocycles. The van der Waals surface area contributed by atoms with E-state index in [-0.39, 0.29) is 18.1 Å². The van der Waals surface area contributed by atoms with Crippen molar-refractivity contribution in [1.29, 1.82) is 0 Å². The Balaban J connectivity index is 1.27. The molecular weight excluding hydrogens is 759 g/mol. The first kappa shape index (κ1) is 36.3. The number of aromatic amines is 2. The Morgan fingerprint density at radius 3 is 1.47 bits per heavy atom. The first-order valence-electron chi connectivity index (χ1n) is 21.6. The third kappa shape index (κ3) is 6.22. The molecule has 0 saturated carbocycles. The van der Waals surface area contributed by atoms with E-state index in [1.54, 1.807) is 0 Å². The summed E-state index contributed by atoms with van der Waals surface area (Å²) in [7, 11) is 0. The van der Waals surface area contributed by atoms with Gasteiger partial charge in [-0.25, -0.2) is 9.97 Å². The normalized spacial score (nSPS) is 17.6. The maximum absolute atomic E-state index is 6.69. The van der Waals surface area contributed by atoms with Crippen LogP contribution in [0.25, 0.3) is 90.9 Å². The number of benzene rings is 5. The molecule has 3 atom stereocenters. The predicted molar refractivity (Wildman–Crippen MR) is 255 cm³/mol. The highest BCUT2D eigenvalue weighted by atomic mass is 16.5. The third-order valence-electron chi connectivity index (χ3n) is 12.9. The molecule has 8 bridgehead atoms. The Morgan fingerprint density at radius 1 is 0.452 bits per heavy atom. The van der Waals surface area contributed by atoms with Crippen molar-refractivity contribution in [2.45, 2.75) is 25.0 Å². The van der Waals surface area contributed by atoms with E-state index in [4.69, 9.17) is 14.7 Å². The molecule has 8 aromatic rings. The fraction of sp³-hybridized carbons (Fsp3) is 0.107. The molecular formula is C56H43N5O. The van der Waals surface area contributed by atoms with E-state index < -0.39 is 0 Å². The molecule has 62 heavy (non-hydrogen) atoms. The molecule has 6 heteroatoms. The van der Waals surface area contributed by atoms with E-state index in [1.807, 2.05) is 0 Å². The number of fused-ring (bicyclic) bond motifs is 11. The smallest absolute Gasteiger partial charge is 0.0895 e. The van der Waals surface area contributed by atoms with E-state index >= 15 is 0 Å². The van der Waals surface area contributed by atoms with Crippen molar-refractivity contribution in [3.05, 3.63) is 198 Å². The molecule has 0 unspecified atom stereocenters. The number of nitrogens with one attached hydrogen (secondary N) is 3. The molecule has 7 heterocycles. The molecule has 298 valence electrons. The van der Waals surface area contributed by atoms with Crippen molar-refractivity contribution in [1.82, 2.24) is 19.9 Å². The molecule has 5 aromatic carbocycles. The summed E-state index contributed by atoms with van der Waals surface area (Å²) in [6.07, 6.45) is 10.8. The lowest BCUT2D eigenvalue weighted by molar-refractivity contribution is -0.0379. The SMILES string of the molecule is C1=Cc2nc1c(-c1ccccc1)c1ccc([nH]1)c(-c1ccccc1)c1nc(c(-c3ccccc3)c3[nH]c(cc3[C@@H]3Nc4ccccc4[C@@H]4OCCC[C@H]34)c2-c2ccccc2)C=C1. The summed E-state index contributed by atoms with van der Waals surface area (Å²) in [6, 6.07) is 58.0. The number of para-hydroxylation sites is 1. The van der Waals surface area contributed by atoms with E-state index in [0.29, 0.717) is 0 Å². The molecule has 1 saturated heterocycles. The Morgan fingerprint density at radius 2 is 0.919 bits per heavy atom. The fourth-order valence-electron chi connectivity index (χ4n) is 10.1. The van der Waals surface area contributed by atoms with Gasteiger partial charge in [0.2, 0.25) is 0 Å². The second-order valence-corrected chi connectivity index (χ2v) is 16.5. The molecule has 3 N–H and O–H groups in total. The number of ether oxygens (including phenoxy) is 1. The van der Waals surface area contributed by atoms with Gasteiger partial charge >= 0.3 is 0 Å². The van der Waals surface area contributed by atoms with Gasteiger partial charge in [-0.05, 0) is 83.7 Å². The maximum atomic E-state index is 6.69. The first-order valence-corrected chi connectivity index (χ1v) is 21.6. The van der Waals surface area contributed by atoms with E-state index in [2.05, 4.69) is 203 Å². The van der Waals surface area contributed by atoms with Gasteiger partial charge in [0, 0.05) is 68.1 Å². The summed E-state index contributed by atoms with van der Waals surface area (Å²) in [4.78, 5) is 19.1. The number of hydrogen-bond donors (Lipinski definition) is 3. The minimum absolute atomic E-state index is 0.0137. The minimum atomic E-state index is -0.0490. The van der Waals surface area contributed by atoms with Crippen LogP contribution in [-0.4, -0.2) is 26.5 Å². The van der Waals surface area contributed by atoms with Gasteiger partial charge in [0.25, 0.3) is 0 Å². The van der Waals surface area contributed by atoms with Gasteiger partial charge in [-0.15, -0.1) is 0 Å². The largest absolute Gasteiger partial charge is 0.377 e. The zero-order valence-corrected chi connectivity index (χ0v) is 34.1. The van der Waals surface area contributed by atoms with Crippen LogP contribution in [0.15, 0.2) is 164 Å². The van der Waals surface area contributed by atoms with Crippen LogP contribution in [0.5, 0.6) is 0 Å². The van der Waals surface area contributed by atoms with Gasteiger partial charge in [0.1, 0.15) is 0 Å². The number of aromatic nitrogens is 4. The molecule has 4 aliphatic heterocycles. The van der Waals surface area contributed by atoms with Gasteiger partial charge in [-0.1, -0.05) is 140 Å². The molecule has 0 spiro atoms. The van der Waals surface area contributed by atoms with Crippen molar-refractivity contribution >= 4 is 52.1 Å². The monoisotopic (exact) mass is 801 g/mol. The lowest BCUT2D eigenvalue weighted by Gasteiger charge is -2.43. The van der Waals surface area contributed by atoms with Crippen LogP contribution in [-0.2, 0) is 4.74 Å². The molecule has 1 fully saturated rings. The Kier molecular flexibility index (Phi) is 8.89. The van der Waals surface area contributed by atoms with Gasteiger partial charge in [0.15, 0.2) is 0 Å². The van der Waals surface area contributed by atoms with Crippen molar-refractivity contribution in [3.63, 3.8) is 0 Å². The second kappa shape index (κ2) is 15.2. The molecule has 0 amide bonds. The summed E-state index contributed by atoms with van der Waals surface area (Å²) in [5.74, 6) is 0.210. The van der Waals surface area contributed by atoms with Gasteiger partial charge in [-0.3, -0.25) is 0 Å². The van der Waals surface area contributed by atoms with E-state index in [1.165, 1.54) is 11.1 Å². The van der Waals surface area contributed by atoms with Crippen LogP contribution < -0.4 is 5.32 Å². The molecule has 6 nitrogen and oxygen atoms in total. The van der Waals surface area contributed by atoms with Crippen molar-refractivity contribution in [3.8, 4) is 44.5 Å². The molecule has 0 radical (unpaired) electrons. The third-order valence-corrected chi connectivity index (χ3v) is 12.9. The first-order chi connectivity index (χ1) is 30.7. The van der Waals surface area contributed by atoms with Crippen LogP contribution in [0.4, 0.5) is 5.69 Å². The van der Waals surface area contributed by atoms with Crippen LogP contribution in [0.2, 0.25) is 0 Å². The highest BCUT2D eigenvalue weighted by Gasteiger charge is 2.41. The highest BCUT2D eigenvalue weighted by Crippen LogP contribution is 2.51. The molecule has 4 aliphatic rings. The highest BCUT2D eigenvalue weighted by molar-refractivity contribution is 6.00. The minimum Gasteiger partial charge on any atom is -0.377 e. The van der Waals surface area contributed by atoms with Crippen molar-refractivity contribution in [2.24, 2.45) is 5.92 Å². The topological polar surface area (TPSA) is 78.6 Å². The summed E-state index contributed by atoms with van der Waals surface area (Å²) in [5, 5.41) is 4.07. The summed E-state index contributed by atoms with van der Waals surface area (Å²) < 4.78 is 6.69. The van der Waals surface area contributed by atoms with E-state index in [0.717, 1.165) is 114 Å². The fourth-order valence-corrected chi connectivity index (χ4v) is 10.1. The van der Waals surface area contributed by atoms with Gasteiger partial charge in [0.05, 0.1) is 40.4 Å². The Bertz CT molecular complexity index is 3220. The van der Waals surface area contributed by atoms with Crippen molar-refractivity contribution < 1.29 is 4.74 Å². The quantitative estimate of drug-likeness (QED) is 0.162. The predicted octanol–water partition coefficient (Wildman–Crippen LogP) is 14.0. The van der Waals surface area contributed by atoms with Gasteiger partial charge < -0.3 is 20.0 Å². The van der Waals surface area contributed by atoms with Gasteiger partial charge in [-0.2, -0.15) is 0 Å². The van der Waals surface area contributed by atoms with Crippen LogP contribution in [0.3, 0.4) is 0 Å². The Hall–Kier alpha value is -7.54. The zero-order chi connectivity index (χ0) is 41.0. The van der Waals surface area contributed by atoms with E-state index in [9.17, 15) is 0 Å². The number of nitrogens with zero attached hydrogens (tertiary/aromatic N) is 2. The number of anilines is 1. The standard InChI is InChI=1S/C56H43N5O/c1-5-16-35(17-6-1)50-43-27-28-44(57-43)51(36-18-7-2-8-19-36)46-31-32-48(59-46)53(38-22-11-4-12-23-38)55-41(54-40-25-15-33-62-56(40)39-24-13-14-26-42(39)60-54)34-49(61-55)52(37-20-9-3-10-21-37)47-30-29-45(50)58-47/h1-14,16-24,26-32,34,40,54,56-57,60-61H,15,25,33H2/t40-,54-,56+/m1/s1. The van der Waals surface area contributed by atoms with Crippen LogP contribution in [0, 0.1) is 5.92 Å². The summed E-state index contributed by atoms with van der Waals surface area (Å²) in [5.41, 5.74) is 19.6. The number of H-pyrrole nitrogens is 2. The zero-order valence-electron chi connectivity index (χ0n) is 34.1. The number of hydrogen-bond acceptors (Lipinski definition) is 4. The van der Waals surface area contributed by atoms with Crippen molar-refractivity contribution in [2.75, 3.05) is 11.9 Å². The maximum Gasteiger partial charge on any atom is 0.0895 e. The second-order valence-electron chi connectivity index (χ2n) is 16.5. The molecule has 12 rings (SSSR count). The lowest BCUT2D eigenvalue weighted by Crippen LogP contribution is -2.35. The average Bonchev–Trinajstić information content (AvgIpc) is 4.18.